The van der Waals surface area contributed by atoms with Crippen molar-refractivity contribution in [1.29, 1.82) is 0 Å². The second-order valence-electron chi connectivity index (χ2n) is 9.94. The van der Waals surface area contributed by atoms with Crippen LogP contribution in [0.4, 0.5) is 11.4 Å². The summed E-state index contributed by atoms with van der Waals surface area (Å²) in [6.07, 6.45) is 5.93. The number of carbonyl (C=O) groups excluding carboxylic acids is 2. The van der Waals surface area contributed by atoms with Crippen molar-refractivity contribution in [2.24, 2.45) is 0 Å². The number of benzene rings is 3. The molecule has 9 nitrogen and oxygen atoms in total. The Hall–Kier alpha value is -4.41. The first kappa shape index (κ1) is 28.1. The van der Waals surface area contributed by atoms with Gasteiger partial charge in [0.1, 0.15) is 17.4 Å². The minimum atomic E-state index is -4.16. The summed E-state index contributed by atoms with van der Waals surface area (Å²) < 4.78 is 36.5. The smallest absolute Gasteiger partial charge is 0.266 e. The zero-order chi connectivity index (χ0) is 28.8. The number of carbonyl (C=O) groups is 2. The lowest BCUT2D eigenvalue weighted by Crippen LogP contribution is -2.37. The molecule has 4 N–H and O–H groups in total. The van der Waals surface area contributed by atoms with E-state index < -0.39 is 27.8 Å². The third-order valence-corrected chi connectivity index (χ3v) is 7.65. The SMILES string of the molecule is O=C(NCCS(=O)(=O)O)c1ccc(NC(C(=O)Nc2ccc(-c3cc4ccccc4o3)cc2)C2=CCCCC2)cc1. The molecule has 5 rings (SSSR count). The Morgan fingerprint density at radius 2 is 1.66 bits per heavy atom. The van der Waals surface area contributed by atoms with Crippen molar-refractivity contribution in [1.82, 2.24) is 5.32 Å². The van der Waals surface area contributed by atoms with Gasteiger partial charge in [-0.1, -0.05) is 24.3 Å². The Labute approximate surface area is 238 Å². The van der Waals surface area contributed by atoms with E-state index in [0.717, 1.165) is 53.5 Å². The molecular formula is C31H31N3O6S. The van der Waals surface area contributed by atoms with E-state index in [1.54, 1.807) is 24.3 Å². The molecule has 0 bridgehead atoms. The maximum atomic E-state index is 13.5. The molecule has 1 heterocycles. The van der Waals surface area contributed by atoms with Gasteiger partial charge in [0, 0.05) is 34.4 Å². The summed E-state index contributed by atoms with van der Waals surface area (Å²) in [7, 11) is -4.16. The Kier molecular flexibility index (Phi) is 8.51. The fraction of sp³-hybridized carbons (Fsp3) is 0.226. The number of furan rings is 1. The van der Waals surface area contributed by atoms with Crippen molar-refractivity contribution in [2.75, 3.05) is 22.9 Å². The average Bonchev–Trinajstić information content (AvgIpc) is 3.41. The first-order valence-corrected chi connectivity index (χ1v) is 15.0. The average molecular weight is 574 g/mol. The molecular weight excluding hydrogens is 542 g/mol. The van der Waals surface area contributed by atoms with Crippen LogP contribution in [0.5, 0.6) is 0 Å². The molecule has 3 aromatic carbocycles. The van der Waals surface area contributed by atoms with E-state index in [1.807, 2.05) is 54.6 Å². The van der Waals surface area contributed by atoms with E-state index in [4.69, 9.17) is 8.97 Å². The van der Waals surface area contributed by atoms with Crippen molar-refractivity contribution in [3.63, 3.8) is 0 Å². The van der Waals surface area contributed by atoms with Gasteiger partial charge in [0.25, 0.3) is 21.9 Å². The van der Waals surface area contributed by atoms with E-state index >= 15 is 0 Å². The molecule has 41 heavy (non-hydrogen) atoms. The van der Waals surface area contributed by atoms with Crippen molar-refractivity contribution < 1.29 is 27.0 Å². The summed E-state index contributed by atoms with van der Waals surface area (Å²) >= 11 is 0. The molecule has 0 saturated heterocycles. The Morgan fingerprint density at radius 3 is 2.34 bits per heavy atom. The highest BCUT2D eigenvalue weighted by Crippen LogP contribution is 2.29. The van der Waals surface area contributed by atoms with Crippen LogP contribution in [0.2, 0.25) is 0 Å². The van der Waals surface area contributed by atoms with E-state index in [2.05, 4.69) is 22.0 Å². The minimum absolute atomic E-state index is 0.193. The molecule has 1 aliphatic rings. The third kappa shape index (κ3) is 7.41. The van der Waals surface area contributed by atoms with Crippen LogP contribution in [0, 0.1) is 0 Å². The maximum Gasteiger partial charge on any atom is 0.266 e. The number of rotatable bonds is 10. The van der Waals surface area contributed by atoms with E-state index in [-0.39, 0.29) is 12.5 Å². The van der Waals surface area contributed by atoms with Gasteiger partial charge in [0.15, 0.2) is 0 Å². The summed E-state index contributed by atoms with van der Waals surface area (Å²) in [5.41, 5.74) is 4.39. The maximum absolute atomic E-state index is 13.5. The van der Waals surface area contributed by atoms with Gasteiger partial charge < -0.3 is 20.4 Å². The molecule has 212 valence electrons. The second-order valence-corrected chi connectivity index (χ2v) is 11.5. The quantitative estimate of drug-likeness (QED) is 0.142. The van der Waals surface area contributed by atoms with Gasteiger partial charge in [-0.25, -0.2) is 0 Å². The normalized spacial score (nSPS) is 14.2. The molecule has 10 heteroatoms. The molecule has 1 unspecified atom stereocenters. The minimum Gasteiger partial charge on any atom is -0.456 e. The number of anilines is 2. The monoisotopic (exact) mass is 573 g/mol. The number of amides is 2. The lowest BCUT2D eigenvalue weighted by molar-refractivity contribution is -0.116. The van der Waals surface area contributed by atoms with Gasteiger partial charge in [-0.05, 0) is 91.9 Å². The van der Waals surface area contributed by atoms with E-state index in [9.17, 15) is 18.0 Å². The molecule has 0 saturated carbocycles. The number of para-hydroxylation sites is 1. The Balaban J connectivity index is 1.26. The van der Waals surface area contributed by atoms with Gasteiger partial charge in [-0.3, -0.25) is 14.1 Å². The zero-order valence-electron chi connectivity index (χ0n) is 22.3. The molecule has 2 amide bonds. The number of hydrogen-bond donors (Lipinski definition) is 4. The fourth-order valence-corrected chi connectivity index (χ4v) is 5.15. The molecule has 4 aromatic rings. The van der Waals surface area contributed by atoms with Gasteiger partial charge in [-0.2, -0.15) is 8.42 Å². The van der Waals surface area contributed by atoms with Crippen molar-refractivity contribution in [3.8, 4) is 11.3 Å². The zero-order valence-corrected chi connectivity index (χ0v) is 23.1. The fourth-order valence-electron chi connectivity index (χ4n) is 4.79. The van der Waals surface area contributed by atoms with E-state index in [0.29, 0.717) is 16.9 Å². The Bertz CT molecular complexity index is 1640. The van der Waals surface area contributed by atoms with Crippen LogP contribution < -0.4 is 16.0 Å². The molecule has 1 atom stereocenters. The van der Waals surface area contributed by atoms with Crippen LogP contribution in [0.25, 0.3) is 22.3 Å². The van der Waals surface area contributed by atoms with Crippen molar-refractivity contribution in [2.45, 2.75) is 31.7 Å². The van der Waals surface area contributed by atoms with Crippen LogP contribution >= 0.6 is 0 Å². The van der Waals surface area contributed by atoms with Crippen LogP contribution in [0.1, 0.15) is 36.0 Å². The van der Waals surface area contributed by atoms with Gasteiger partial charge in [0.2, 0.25) is 0 Å². The highest BCUT2D eigenvalue weighted by atomic mass is 32.2. The molecule has 0 aliphatic heterocycles. The van der Waals surface area contributed by atoms with Crippen molar-refractivity contribution >= 4 is 44.3 Å². The number of fused-ring (bicyclic) bond motifs is 1. The van der Waals surface area contributed by atoms with E-state index in [1.165, 1.54) is 0 Å². The number of hydrogen-bond acceptors (Lipinski definition) is 6. The van der Waals surface area contributed by atoms with Crippen LogP contribution in [0.3, 0.4) is 0 Å². The molecule has 0 fully saturated rings. The van der Waals surface area contributed by atoms with Crippen LogP contribution in [-0.2, 0) is 14.9 Å². The summed E-state index contributed by atoms with van der Waals surface area (Å²) in [6.45, 7) is -0.201. The summed E-state index contributed by atoms with van der Waals surface area (Å²) in [5.74, 6) is -0.462. The standard InChI is InChI=1S/C31H31N3O6S/c35-30(32-18-19-41(37,38)39)23-12-16-25(17-13-23)33-29(22-6-2-1-3-7-22)31(36)34-26-14-10-21(11-15-26)28-20-24-8-4-5-9-27(24)40-28/h4-6,8-17,20,29,33H,1-3,7,18-19H2,(H,32,35)(H,34,36)(H,37,38,39). The lowest BCUT2D eigenvalue weighted by Gasteiger charge is -2.25. The predicted octanol–water partition coefficient (Wildman–Crippen LogP) is 5.64. The molecule has 1 aliphatic carbocycles. The first-order chi connectivity index (χ1) is 19.7. The molecule has 0 spiro atoms. The Morgan fingerprint density at radius 1 is 0.927 bits per heavy atom. The highest BCUT2D eigenvalue weighted by molar-refractivity contribution is 7.85. The highest BCUT2D eigenvalue weighted by Gasteiger charge is 2.24. The van der Waals surface area contributed by atoms with Crippen LogP contribution in [-0.4, -0.2) is 43.1 Å². The largest absolute Gasteiger partial charge is 0.456 e. The number of nitrogens with one attached hydrogen (secondary N) is 3. The number of allylic oxidation sites excluding steroid dienone is 1. The second kappa shape index (κ2) is 12.4. The summed E-state index contributed by atoms with van der Waals surface area (Å²) in [5, 5.41) is 9.82. The third-order valence-electron chi connectivity index (χ3n) is 6.93. The topological polar surface area (TPSA) is 138 Å². The predicted molar refractivity (Wildman–Crippen MR) is 159 cm³/mol. The summed E-state index contributed by atoms with van der Waals surface area (Å²) in [6, 6.07) is 23.3. The first-order valence-electron chi connectivity index (χ1n) is 13.4. The summed E-state index contributed by atoms with van der Waals surface area (Å²) in [4.78, 5) is 25.8. The molecule has 0 radical (unpaired) electrons. The van der Waals surface area contributed by atoms with Crippen LogP contribution in [0.15, 0.2) is 94.9 Å². The molecule has 1 aromatic heterocycles. The van der Waals surface area contributed by atoms with Gasteiger partial charge in [-0.15, -0.1) is 0 Å². The van der Waals surface area contributed by atoms with Gasteiger partial charge in [0.05, 0.1) is 5.75 Å². The van der Waals surface area contributed by atoms with Crippen molar-refractivity contribution in [3.05, 3.63) is 96.1 Å². The lowest BCUT2D eigenvalue weighted by atomic mass is 9.93. The van der Waals surface area contributed by atoms with Gasteiger partial charge >= 0.3 is 0 Å².